The van der Waals surface area contributed by atoms with Crippen molar-refractivity contribution in [1.82, 2.24) is 20.3 Å². The number of fused-ring (bicyclic) bond motifs is 1. The molecule has 0 bridgehead atoms. The summed E-state index contributed by atoms with van der Waals surface area (Å²) in [5.74, 6) is 0.465. The maximum atomic E-state index is 11.9. The summed E-state index contributed by atoms with van der Waals surface area (Å²) in [5, 5.41) is 9.57. The number of thiophene rings is 1. The Morgan fingerprint density at radius 1 is 1.21 bits per heavy atom. The Hall–Kier alpha value is -2.54. The predicted molar refractivity (Wildman–Crippen MR) is 97.2 cm³/mol. The van der Waals surface area contributed by atoms with Gasteiger partial charge in [0.25, 0.3) is 0 Å². The molecule has 6 nitrogen and oxygen atoms in total. The van der Waals surface area contributed by atoms with Crippen LogP contribution in [0.4, 0.5) is 10.6 Å². The van der Waals surface area contributed by atoms with E-state index in [0.717, 1.165) is 30.5 Å². The molecule has 2 N–H and O–H groups in total. The second-order valence-corrected chi connectivity index (χ2v) is 6.17. The fraction of sp³-hybridized carbons (Fsp3) is 0.294. The molecule has 3 heterocycles. The highest BCUT2D eigenvalue weighted by Crippen LogP contribution is 2.21. The Kier molecular flexibility index (Phi) is 5.32. The fourth-order valence-electron chi connectivity index (χ4n) is 2.25. The first-order chi connectivity index (χ1) is 11.8. The molecule has 0 aliphatic carbocycles. The number of hydrogen-bond acceptors (Lipinski definition) is 5. The average Bonchev–Trinajstić information content (AvgIpc) is 3.13. The summed E-state index contributed by atoms with van der Waals surface area (Å²) in [4.78, 5) is 25.2. The van der Waals surface area contributed by atoms with E-state index in [1.807, 2.05) is 16.8 Å². The molecule has 0 saturated heterocycles. The van der Waals surface area contributed by atoms with Gasteiger partial charge in [-0.05, 0) is 30.0 Å². The zero-order valence-corrected chi connectivity index (χ0v) is 14.3. The average molecular weight is 341 g/mol. The molecular formula is C17H19N5OS. The van der Waals surface area contributed by atoms with Crippen molar-refractivity contribution in [3.63, 3.8) is 0 Å². The summed E-state index contributed by atoms with van der Waals surface area (Å²) in [7, 11) is 0. The lowest BCUT2D eigenvalue weighted by molar-refractivity contribution is 0.252. The van der Waals surface area contributed by atoms with Crippen LogP contribution in [-0.2, 0) is 0 Å². The predicted octanol–water partition coefficient (Wildman–Crippen LogP) is 4.07. The van der Waals surface area contributed by atoms with Crippen molar-refractivity contribution in [2.45, 2.75) is 26.2 Å². The number of carbonyl (C=O) groups excluding carboxylic acids is 1. The Morgan fingerprint density at radius 3 is 2.92 bits per heavy atom. The molecule has 7 heteroatoms. The van der Waals surface area contributed by atoms with Gasteiger partial charge in [0.05, 0.1) is 11.9 Å². The number of rotatable bonds is 6. The summed E-state index contributed by atoms with van der Waals surface area (Å²) in [6.07, 6.45) is 4.94. The number of urea groups is 1. The first-order valence-corrected chi connectivity index (χ1v) is 8.92. The number of nitrogens with zero attached hydrogens (tertiary/aromatic N) is 3. The van der Waals surface area contributed by atoms with Crippen molar-refractivity contribution in [3.05, 3.63) is 35.2 Å². The topological polar surface area (TPSA) is 79.8 Å². The normalized spacial score (nSPS) is 10.7. The van der Waals surface area contributed by atoms with Gasteiger partial charge in [0.15, 0.2) is 5.65 Å². The van der Waals surface area contributed by atoms with Gasteiger partial charge in [-0.1, -0.05) is 19.8 Å². The third kappa shape index (κ3) is 4.05. The van der Waals surface area contributed by atoms with Gasteiger partial charge in [-0.3, -0.25) is 10.3 Å². The zero-order chi connectivity index (χ0) is 16.8. The molecule has 2 amide bonds. The molecule has 0 aliphatic heterocycles. The molecule has 3 rings (SSSR count). The number of amides is 2. The largest absolute Gasteiger partial charge is 0.338 e. The highest BCUT2D eigenvalue weighted by molar-refractivity contribution is 7.08. The fourth-order valence-corrected chi connectivity index (χ4v) is 2.90. The Labute approximate surface area is 144 Å². The van der Waals surface area contributed by atoms with E-state index in [1.54, 1.807) is 29.7 Å². The molecule has 0 fully saturated rings. The van der Waals surface area contributed by atoms with Crippen LogP contribution < -0.4 is 10.6 Å². The molecule has 3 aromatic heterocycles. The summed E-state index contributed by atoms with van der Waals surface area (Å²) in [6, 6.07) is 5.28. The van der Waals surface area contributed by atoms with E-state index in [0.29, 0.717) is 23.5 Å². The van der Waals surface area contributed by atoms with Crippen LogP contribution >= 0.6 is 11.3 Å². The lowest BCUT2D eigenvalue weighted by Gasteiger charge is -2.07. The number of hydrogen-bond donors (Lipinski definition) is 2. The number of aromatic nitrogens is 3. The van der Waals surface area contributed by atoms with Gasteiger partial charge < -0.3 is 5.32 Å². The third-order valence-corrected chi connectivity index (χ3v) is 4.21. The molecule has 124 valence electrons. The lowest BCUT2D eigenvalue weighted by Crippen LogP contribution is -2.29. The zero-order valence-electron chi connectivity index (χ0n) is 13.5. The number of unbranched alkanes of at least 4 members (excludes halogenated alkanes) is 2. The highest BCUT2D eigenvalue weighted by Gasteiger charge is 2.07. The van der Waals surface area contributed by atoms with Crippen molar-refractivity contribution < 1.29 is 4.79 Å². The van der Waals surface area contributed by atoms with Crippen LogP contribution in [0.25, 0.3) is 22.4 Å². The van der Waals surface area contributed by atoms with E-state index >= 15 is 0 Å². The van der Waals surface area contributed by atoms with Gasteiger partial charge in [-0.15, -0.1) is 0 Å². The summed E-state index contributed by atoms with van der Waals surface area (Å²) in [6.45, 7) is 2.79. The minimum absolute atomic E-state index is 0.250. The van der Waals surface area contributed by atoms with Crippen molar-refractivity contribution in [2.75, 3.05) is 11.9 Å². The Bertz CT molecular complexity index is 819. The van der Waals surface area contributed by atoms with Gasteiger partial charge in [0.2, 0.25) is 0 Å². The Balaban J connectivity index is 1.71. The van der Waals surface area contributed by atoms with E-state index < -0.39 is 0 Å². The number of anilines is 1. The second kappa shape index (κ2) is 7.83. The van der Waals surface area contributed by atoms with Crippen LogP contribution in [0, 0.1) is 0 Å². The third-order valence-electron chi connectivity index (χ3n) is 3.53. The Morgan fingerprint density at radius 2 is 2.12 bits per heavy atom. The molecule has 0 radical (unpaired) electrons. The highest BCUT2D eigenvalue weighted by atomic mass is 32.1. The van der Waals surface area contributed by atoms with Crippen LogP contribution in [0.3, 0.4) is 0 Å². The van der Waals surface area contributed by atoms with E-state index in [-0.39, 0.29) is 6.03 Å². The van der Waals surface area contributed by atoms with Crippen LogP contribution in [0.1, 0.15) is 26.2 Å². The van der Waals surface area contributed by atoms with Gasteiger partial charge in [-0.25, -0.2) is 14.8 Å². The maximum absolute atomic E-state index is 11.9. The van der Waals surface area contributed by atoms with E-state index in [1.165, 1.54) is 0 Å². The molecule has 0 aromatic carbocycles. The standard InChI is InChI=1S/C17H19N5OS/c1-2-3-4-8-18-17(23)22-15-6-5-13-16(21-15)20-14(10-19-13)12-7-9-24-11-12/h5-7,9-11H,2-4,8H2,1H3,(H2,18,20,21,22,23). The summed E-state index contributed by atoms with van der Waals surface area (Å²) in [5.41, 5.74) is 3.01. The van der Waals surface area contributed by atoms with Gasteiger partial charge in [0.1, 0.15) is 11.3 Å². The van der Waals surface area contributed by atoms with Crippen molar-refractivity contribution in [3.8, 4) is 11.3 Å². The number of carbonyl (C=O) groups is 1. The lowest BCUT2D eigenvalue weighted by atomic mass is 10.2. The first-order valence-electron chi connectivity index (χ1n) is 7.97. The molecule has 0 saturated carbocycles. The molecule has 3 aromatic rings. The summed E-state index contributed by atoms with van der Waals surface area (Å²) >= 11 is 1.61. The minimum atomic E-state index is -0.250. The van der Waals surface area contributed by atoms with Gasteiger partial charge in [0, 0.05) is 17.5 Å². The number of nitrogens with one attached hydrogen (secondary N) is 2. The monoisotopic (exact) mass is 341 g/mol. The van der Waals surface area contributed by atoms with Crippen LogP contribution in [0.15, 0.2) is 35.2 Å². The van der Waals surface area contributed by atoms with E-state index in [2.05, 4.69) is 32.5 Å². The quantitative estimate of drug-likeness (QED) is 0.663. The van der Waals surface area contributed by atoms with Crippen LogP contribution in [0.5, 0.6) is 0 Å². The first kappa shape index (κ1) is 16.3. The van der Waals surface area contributed by atoms with Gasteiger partial charge in [-0.2, -0.15) is 11.3 Å². The van der Waals surface area contributed by atoms with E-state index in [4.69, 9.17) is 0 Å². The van der Waals surface area contributed by atoms with E-state index in [9.17, 15) is 4.79 Å². The van der Waals surface area contributed by atoms with Crippen LogP contribution in [0.2, 0.25) is 0 Å². The SMILES string of the molecule is CCCCCNC(=O)Nc1ccc2ncc(-c3ccsc3)nc2n1. The maximum Gasteiger partial charge on any atom is 0.320 e. The molecule has 0 atom stereocenters. The van der Waals surface area contributed by atoms with Crippen molar-refractivity contribution >= 4 is 34.3 Å². The van der Waals surface area contributed by atoms with Crippen molar-refractivity contribution in [2.24, 2.45) is 0 Å². The molecule has 0 spiro atoms. The van der Waals surface area contributed by atoms with Crippen LogP contribution in [-0.4, -0.2) is 27.5 Å². The molecular weight excluding hydrogens is 322 g/mol. The van der Waals surface area contributed by atoms with Crippen molar-refractivity contribution in [1.29, 1.82) is 0 Å². The molecule has 0 aliphatic rings. The smallest absolute Gasteiger partial charge is 0.320 e. The minimum Gasteiger partial charge on any atom is -0.338 e. The second-order valence-electron chi connectivity index (χ2n) is 5.39. The van der Waals surface area contributed by atoms with Gasteiger partial charge >= 0.3 is 6.03 Å². The number of pyridine rings is 1. The molecule has 24 heavy (non-hydrogen) atoms. The molecule has 0 unspecified atom stereocenters. The summed E-state index contributed by atoms with van der Waals surface area (Å²) < 4.78 is 0.